The van der Waals surface area contributed by atoms with Crippen molar-refractivity contribution in [2.45, 2.75) is 24.7 Å². The zero-order valence-corrected chi connectivity index (χ0v) is 16.3. The number of ether oxygens (including phenoxy) is 1. The van der Waals surface area contributed by atoms with Crippen LogP contribution in [0.1, 0.15) is 17.5 Å². The number of carbonyl (C=O) groups excluding carboxylic acids is 3. The minimum Gasteiger partial charge on any atom is -0.480 e. The van der Waals surface area contributed by atoms with Crippen LogP contribution in [-0.4, -0.2) is 46.6 Å². The average molecular weight is 448 g/mol. The number of imide groups is 1. The lowest BCUT2D eigenvalue weighted by atomic mass is 9.80. The molecule has 2 aromatic rings. The van der Waals surface area contributed by atoms with Crippen LogP contribution in [0.25, 0.3) is 0 Å². The number of likely N-dealkylation sites (tertiary alicyclic amines) is 1. The molecule has 8 nitrogen and oxygen atoms in total. The summed E-state index contributed by atoms with van der Waals surface area (Å²) in [6, 6.07) is 11.3. The van der Waals surface area contributed by atoms with E-state index in [2.05, 4.69) is 4.74 Å². The molecule has 0 radical (unpaired) electrons. The van der Waals surface area contributed by atoms with Crippen molar-refractivity contribution >= 4 is 29.4 Å². The Balaban J connectivity index is 1.80. The molecule has 1 spiro atoms. The van der Waals surface area contributed by atoms with Crippen molar-refractivity contribution in [2.24, 2.45) is 0 Å². The Morgan fingerprint density at radius 3 is 2.31 bits per heavy atom. The van der Waals surface area contributed by atoms with Crippen molar-refractivity contribution in [3.8, 4) is 5.75 Å². The third kappa shape index (κ3) is 3.45. The SMILES string of the molecule is O=C(O)CN1C(=O)C2(CC(=O)N(Cc3ccccc3)C2=O)c2cc(OC(F)(F)F)ccc21. The summed E-state index contributed by atoms with van der Waals surface area (Å²) < 4.78 is 42.1. The van der Waals surface area contributed by atoms with E-state index in [0.717, 1.165) is 28.0 Å². The van der Waals surface area contributed by atoms with Crippen molar-refractivity contribution in [1.82, 2.24) is 4.90 Å². The number of benzene rings is 2. The molecule has 32 heavy (non-hydrogen) atoms. The topological polar surface area (TPSA) is 104 Å². The highest BCUT2D eigenvalue weighted by Gasteiger charge is 2.64. The molecule has 11 heteroatoms. The number of anilines is 1. The fraction of sp³-hybridized carbons (Fsp3) is 0.238. The van der Waals surface area contributed by atoms with Crippen molar-refractivity contribution in [2.75, 3.05) is 11.4 Å². The maximum Gasteiger partial charge on any atom is 0.573 e. The molecule has 0 bridgehead atoms. The fourth-order valence-electron chi connectivity index (χ4n) is 4.08. The first-order chi connectivity index (χ1) is 15.0. The molecule has 2 aliphatic rings. The molecule has 4 rings (SSSR count). The van der Waals surface area contributed by atoms with Gasteiger partial charge in [-0.1, -0.05) is 30.3 Å². The monoisotopic (exact) mass is 448 g/mol. The summed E-state index contributed by atoms with van der Waals surface area (Å²) in [6.07, 6.45) is -5.66. The van der Waals surface area contributed by atoms with Gasteiger partial charge in [0, 0.05) is 11.3 Å². The van der Waals surface area contributed by atoms with E-state index >= 15 is 0 Å². The number of hydrogen-bond donors (Lipinski definition) is 1. The Kier molecular flexibility index (Phi) is 4.91. The molecule has 1 saturated heterocycles. The van der Waals surface area contributed by atoms with E-state index < -0.39 is 54.2 Å². The molecule has 1 unspecified atom stereocenters. The van der Waals surface area contributed by atoms with Crippen molar-refractivity contribution in [1.29, 1.82) is 0 Å². The smallest absolute Gasteiger partial charge is 0.480 e. The second-order valence-corrected chi connectivity index (χ2v) is 7.36. The number of carboxylic acids is 1. The zero-order valence-electron chi connectivity index (χ0n) is 16.3. The van der Waals surface area contributed by atoms with Crippen LogP contribution in [0.4, 0.5) is 18.9 Å². The molecule has 1 atom stereocenters. The lowest BCUT2D eigenvalue weighted by molar-refractivity contribution is -0.274. The second kappa shape index (κ2) is 7.36. The van der Waals surface area contributed by atoms with Gasteiger partial charge in [-0.2, -0.15) is 0 Å². The summed E-state index contributed by atoms with van der Waals surface area (Å²) in [5.41, 5.74) is -1.80. The van der Waals surface area contributed by atoms with Crippen LogP contribution in [0.15, 0.2) is 48.5 Å². The largest absolute Gasteiger partial charge is 0.573 e. The van der Waals surface area contributed by atoms with Gasteiger partial charge in [0.15, 0.2) is 5.41 Å². The first kappa shape index (κ1) is 21.3. The molecule has 1 fully saturated rings. The Morgan fingerprint density at radius 1 is 1.03 bits per heavy atom. The molecule has 2 heterocycles. The standard InChI is InChI=1S/C21H15F3N2O6/c22-21(23,24)32-13-6-7-15-14(8-13)20(18(30)25(15)11-17(28)29)9-16(27)26(19(20)31)10-12-4-2-1-3-5-12/h1-8H,9-11H2,(H,28,29). The maximum absolute atomic E-state index is 13.4. The molecule has 0 aromatic heterocycles. The van der Waals surface area contributed by atoms with E-state index in [1.807, 2.05) is 0 Å². The predicted octanol–water partition coefficient (Wildman–Crippen LogP) is 2.21. The van der Waals surface area contributed by atoms with Gasteiger partial charge >= 0.3 is 12.3 Å². The van der Waals surface area contributed by atoms with Crippen LogP contribution in [0.3, 0.4) is 0 Å². The van der Waals surface area contributed by atoms with E-state index in [1.54, 1.807) is 30.3 Å². The van der Waals surface area contributed by atoms with E-state index in [0.29, 0.717) is 5.56 Å². The molecular formula is C21H15F3N2O6. The summed E-state index contributed by atoms with van der Waals surface area (Å²) in [5.74, 6) is -4.68. The van der Waals surface area contributed by atoms with Crippen molar-refractivity contribution < 1.29 is 42.2 Å². The third-order valence-corrected chi connectivity index (χ3v) is 5.37. The van der Waals surface area contributed by atoms with E-state index in [1.165, 1.54) is 0 Å². The molecule has 2 aliphatic heterocycles. The highest BCUT2D eigenvalue weighted by atomic mass is 19.4. The van der Waals surface area contributed by atoms with Gasteiger partial charge in [-0.25, -0.2) is 0 Å². The second-order valence-electron chi connectivity index (χ2n) is 7.36. The number of nitrogens with zero attached hydrogens (tertiary/aromatic N) is 2. The van der Waals surface area contributed by atoms with Gasteiger partial charge < -0.3 is 9.84 Å². The Labute approximate surface area is 178 Å². The number of halogens is 3. The minimum atomic E-state index is -5.03. The summed E-state index contributed by atoms with van der Waals surface area (Å²) >= 11 is 0. The summed E-state index contributed by atoms with van der Waals surface area (Å²) in [4.78, 5) is 52.4. The Hall–Kier alpha value is -3.89. The highest BCUT2D eigenvalue weighted by Crippen LogP contribution is 2.50. The number of carboxylic acid groups (broad SMARTS) is 1. The number of carbonyl (C=O) groups is 4. The van der Waals surface area contributed by atoms with Crippen molar-refractivity contribution in [3.63, 3.8) is 0 Å². The van der Waals surface area contributed by atoms with Crippen LogP contribution in [0.5, 0.6) is 5.75 Å². The van der Waals surface area contributed by atoms with Gasteiger partial charge in [-0.05, 0) is 23.8 Å². The lowest BCUT2D eigenvalue weighted by Gasteiger charge is -2.22. The quantitative estimate of drug-likeness (QED) is 0.556. The van der Waals surface area contributed by atoms with Crippen LogP contribution in [-0.2, 0) is 31.1 Å². The van der Waals surface area contributed by atoms with E-state index in [-0.39, 0.29) is 17.8 Å². The number of rotatable bonds is 5. The summed E-state index contributed by atoms with van der Waals surface area (Å²) in [5, 5.41) is 9.19. The average Bonchev–Trinajstić information content (AvgIpc) is 3.08. The summed E-state index contributed by atoms with van der Waals surface area (Å²) in [7, 11) is 0. The van der Waals surface area contributed by atoms with Crippen LogP contribution in [0.2, 0.25) is 0 Å². The Morgan fingerprint density at radius 2 is 1.69 bits per heavy atom. The van der Waals surface area contributed by atoms with Gasteiger partial charge in [-0.3, -0.25) is 29.0 Å². The number of aliphatic carboxylic acids is 1. The molecule has 166 valence electrons. The number of alkyl halides is 3. The lowest BCUT2D eigenvalue weighted by Crippen LogP contribution is -2.47. The van der Waals surface area contributed by atoms with Crippen LogP contribution < -0.4 is 9.64 Å². The number of amides is 3. The number of fused-ring (bicyclic) bond motifs is 2. The molecule has 2 aromatic carbocycles. The van der Waals surface area contributed by atoms with Crippen LogP contribution >= 0.6 is 0 Å². The minimum absolute atomic E-state index is 0.0605. The van der Waals surface area contributed by atoms with Gasteiger partial charge in [0.2, 0.25) is 17.7 Å². The zero-order chi connectivity index (χ0) is 23.3. The van der Waals surface area contributed by atoms with E-state index in [4.69, 9.17) is 0 Å². The molecular weight excluding hydrogens is 433 g/mol. The first-order valence-corrected chi connectivity index (χ1v) is 9.36. The highest BCUT2D eigenvalue weighted by molar-refractivity contribution is 6.29. The molecule has 1 N–H and O–H groups in total. The predicted molar refractivity (Wildman–Crippen MR) is 101 cm³/mol. The van der Waals surface area contributed by atoms with Crippen LogP contribution in [0, 0.1) is 0 Å². The van der Waals surface area contributed by atoms with Gasteiger partial charge in [0.25, 0.3) is 0 Å². The molecule has 3 amide bonds. The van der Waals surface area contributed by atoms with E-state index in [9.17, 15) is 37.5 Å². The number of hydrogen-bond acceptors (Lipinski definition) is 5. The first-order valence-electron chi connectivity index (χ1n) is 9.36. The molecule has 0 aliphatic carbocycles. The van der Waals surface area contributed by atoms with Gasteiger partial charge in [-0.15, -0.1) is 13.2 Å². The third-order valence-electron chi connectivity index (χ3n) is 5.37. The maximum atomic E-state index is 13.4. The molecule has 0 saturated carbocycles. The summed E-state index contributed by atoms with van der Waals surface area (Å²) in [6.45, 7) is -0.965. The fourth-order valence-corrected chi connectivity index (χ4v) is 4.08. The van der Waals surface area contributed by atoms with Gasteiger partial charge in [0.05, 0.1) is 13.0 Å². The van der Waals surface area contributed by atoms with Crippen molar-refractivity contribution in [3.05, 3.63) is 59.7 Å². The normalized spacial score (nSPS) is 20.3. The van der Waals surface area contributed by atoms with Gasteiger partial charge in [0.1, 0.15) is 12.3 Å². The Bertz CT molecular complexity index is 1130.